The van der Waals surface area contributed by atoms with Crippen LogP contribution in [0.2, 0.25) is 0 Å². The van der Waals surface area contributed by atoms with Gasteiger partial charge in [0.2, 0.25) is 0 Å². The van der Waals surface area contributed by atoms with Crippen molar-refractivity contribution < 1.29 is 19.0 Å². The van der Waals surface area contributed by atoms with Gasteiger partial charge in [-0.1, -0.05) is 0 Å². The maximum atomic E-state index is 14.0. The first-order valence-electron chi connectivity index (χ1n) is 10.5. The Morgan fingerprint density at radius 3 is 2.87 bits per heavy atom. The Kier molecular flexibility index (Phi) is 7.07. The van der Waals surface area contributed by atoms with Crippen molar-refractivity contribution in [3.8, 4) is 11.5 Å². The standard InChI is InChI=1S/C22H30FN5O3/c1-5-28(15(2)3)21(29)17-10-16(23)6-7-18(17)31-19-11-25-14-26-20(19)27-9-8-22(30,13-27)12-24-4/h6-7,10-11,14-15,24,30H,5,8-9,12-13H2,1-4H3. The molecule has 1 atom stereocenters. The molecule has 0 spiro atoms. The Hall–Kier alpha value is -2.78. The minimum Gasteiger partial charge on any atom is -0.451 e. The van der Waals surface area contributed by atoms with Crippen LogP contribution in [0, 0.1) is 5.82 Å². The highest BCUT2D eigenvalue weighted by atomic mass is 19.1. The highest BCUT2D eigenvalue weighted by Gasteiger charge is 2.37. The van der Waals surface area contributed by atoms with Gasteiger partial charge in [0.25, 0.3) is 5.91 Å². The lowest BCUT2D eigenvalue weighted by Crippen LogP contribution is -2.42. The molecule has 2 heterocycles. The molecule has 0 aliphatic carbocycles. The number of halogens is 1. The molecule has 31 heavy (non-hydrogen) atoms. The van der Waals surface area contributed by atoms with Gasteiger partial charge in [-0.25, -0.2) is 14.4 Å². The number of likely N-dealkylation sites (N-methyl/N-ethyl adjacent to an activating group) is 1. The van der Waals surface area contributed by atoms with E-state index in [1.165, 1.54) is 30.7 Å². The molecule has 168 valence electrons. The van der Waals surface area contributed by atoms with Gasteiger partial charge in [-0.05, 0) is 52.4 Å². The van der Waals surface area contributed by atoms with E-state index in [1.54, 1.807) is 11.9 Å². The smallest absolute Gasteiger partial charge is 0.257 e. The van der Waals surface area contributed by atoms with E-state index in [1.807, 2.05) is 25.7 Å². The van der Waals surface area contributed by atoms with Crippen LogP contribution in [-0.2, 0) is 0 Å². The Morgan fingerprint density at radius 1 is 1.42 bits per heavy atom. The summed E-state index contributed by atoms with van der Waals surface area (Å²) in [4.78, 5) is 25.0. The highest BCUT2D eigenvalue weighted by molar-refractivity contribution is 5.97. The van der Waals surface area contributed by atoms with Crippen molar-refractivity contribution in [2.45, 2.75) is 38.8 Å². The zero-order valence-corrected chi connectivity index (χ0v) is 18.4. The molecule has 0 bridgehead atoms. The van der Waals surface area contributed by atoms with Gasteiger partial charge in [-0.2, -0.15) is 0 Å². The van der Waals surface area contributed by atoms with E-state index >= 15 is 0 Å². The molecular weight excluding hydrogens is 401 g/mol. The number of hydrogen-bond donors (Lipinski definition) is 2. The van der Waals surface area contributed by atoms with Crippen LogP contribution in [0.3, 0.4) is 0 Å². The Morgan fingerprint density at radius 2 is 2.19 bits per heavy atom. The van der Waals surface area contributed by atoms with Crippen molar-refractivity contribution in [3.63, 3.8) is 0 Å². The molecule has 1 fully saturated rings. The lowest BCUT2D eigenvalue weighted by Gasteiger charge is -2.26. The Bertz CT molecular complexity index is 926. The lowest BCUT2D eigenvalue weighted by atomic mass is 10.0. The van der Waals surface area contributed by atoms with Gasteiger partial charge in [0, 0.05) is 32.2 Å². The van der Waals surface area contributed by atoms with Crippen LogP contribution < -0.4 is 15.0 Å². The number of benzene rings is 1. The molecule has 1 unspecified atom stereocenters. The molecule has 1 aliphatic rings. The van der Waals surface area contributed by atoms with Gasteiger partial charge in [-0.3, -0.25) is 4.79 Å². The number of carbonyl (C=O) groups is 1. The first kappa shape index (κ1) is 22.9. The van der Waals surface area contributed by atoms with Crippen molar-refractivity contribution in [2.75, 3.05) is 38.1 Å². The summed E-state index contributed by atoms with van der Waals surface area (Å²) >= 11 is 0. The number of hydrogen-bond acceptors (Lipinski definition) is 7. The quantitative estimate of drug-likeness (QED) is 0.663. The predicted octanol–water partition coefficient (Wildman–Crippen LogP) is 2.44. The third kappa shape index (κ3) is 5.11. The number of amides is 1. The molecule has 3 rings (SSSR count). The molecule has 0 radical (unpaired) electrons. The third-order valence-electron chi connectivity index (χ3n) is 5.41. The third-order valence-corrected chi connectivity index (χ3v) is 5.41. The summed E-state index contributed by atoms with van der Waals surface area (Å²) in [5.74, 6) is 0.253. The van der Waals surface area contributed by atoms with E-state index in [0.717, 1.165) is 0 Å². The largest absolute Gasteiger partial charge is 0.451 e. The average molecular weight is 432 g/mol. The lowest BCUT2D eigenvalue weighted by molar-refractivity contribution is 0.0650. The molecular formula is C22H30FN5O3. The number of aliphatic hydroxyl groups is 1. The monoisotopic (exact) mass is 431 g/mol. The van der Waals surface area contributed by atoms with Crippen molar-refractivity contribution in [1.29, 1.82) is 0 Å². The van der Waals surface area contributed by atoms with Gasteiger partial charge in [0.1, 0.15) is 17.9 Å². The molecule has 1 amide bonds. The SMILES string of the molecule is CCN(C(=O)c1cc(F)ccc1Oc1cncnc1N1CCC(O)(CNC)C1)C(C)C. The number of carbonyl (C=O) groups excluding carboxylic acids is 1. The molecule has 9 heteroatoms. The minimum absolute atomic E-state index is 0.0429. The predicted molar refractivity (Wildman–Crippen MR) is 116 cm³/mol. The second-order valence-electron chi connectivity index (χ2n) is 8.06. The number of nitrogens with zero attached hydrogens (tertiary/aromatic N) is 4. The van der Waals surface area contributed by atoms with E-state index in [4.69, 9.17) is 4.74 Å². The van der Waals surface area contributed by atoms with Crippen LogP contribution >= 0.6 is 0 Å². The van der Waals surface area contributed by atoms with Crippen LogP contribution in [0.15, 0.2) is 30.7 Å². The number of rotatable bonds is 8. The number of β-amino-alcohol motifs (C(OH)–C–C–N with tert-alkyl or cyclic N) is 1. The van der Waals surface area contributed by atoms with Gasteiger partial charge >= 0.3 is 0 Å². The average Bonchev–Trinajstić information content (AvgIpc) is 3.11. The van der Waals surface area contributed by atoms with Crippen molar-refractivity contribution >= 4 is 11.7 Å². The van der Waals surface area contributed by atoms with Crippen molar-refractivity contribution in [1.82, 2.24) is 20.2 Å². The molecule has 1 aromatic carbocycles. The second-order valence-corrected chi connectivity index (χ2v) is 8.06. The molecule has 2 N–H and O–H groups in total. The highest BCUT2D eigenvalue weighted by Crippen LogP contribution is 2.35. The first-order valence-corrected chi connectivity index (χ1v) is 10.5. The van der Waals surface area contributed by atoms with E-state index in [0.29, 0.717) is 44.2 Å². The van der Waals surface area contributed by atoms with Gasteiger partial charge < -0.3 is 25.0 Å². The van der Waals surface area contributed by atoms with Crippen molar-refractivity contribution in [3.05, 3.63) is 42.1 Å². The number of aromatic nitrogens is 2. The van der Waals surface area contributed by atoms with Crippen LogP contribution in [0.5, 0.6) is 11.5 Å². The maximum absolute atomic E-state index is 14.0. The van der Waals surface area contributed by atoms with Gasteiger partial charge in [0.15, 0.2) is 11.6 Å². The fourth-order valence-electron chi connectivity index (χ4n) is 3.91. The molecule has 1 aromatic heterocycles. The summed E-state index contributed by atoms with van der Waals surface area (Å²) in [7, 11) is 1.80. The molecule has 8 nitrogen and oxygen atoms in total. The fourth-order valence-corrected chi connectivity index (χ4v) is 3.91. The first-order chi connectivity index (χ1) is 14.8. The van der Waals surface area contributed by atoms with Gasteiger partial charge in [-0.15, -0.1) is 0 Å². The summed E-state index contributed by atoms with van der Waals surface area (Å²) in [5, 5.41) is 13.7. The van der Waals surface area contributed by atoms with Crippen LogP contribution in [-0.4, -0.2) is 70.8 Å². The molecule has 1 aliphatic heterocycles. The molecule has 0 saturated carbocycles. The van der Waals surface area contributed by atoms with E-state index in [-0.39, 0.29) is 23.3 Å². The summed E-state index contributed by atoms with van der Waals surface area (Å²) in [6.07, 6.45) is 3.50. The second kappa shape index (κ2) is 9.57. The van der Waals surface area contributed by atoms with Crippen LogP contribution in [0.4, 0.5) is 10.2 Å². The van der Waals surface area contributed by atoms with Crippen molar-refractivity contribution in [2.24, 2.45) is 0 Å². The zero-order valence-electron chi connectivity index (χ0n) is 18.4. The van der Waals surface area contributed by atoms with Gasteiger partial charge in [0.05, 0.1) is 17.4 Å². The molecule has 1 saturated heterocycles. The maximum Gasteiger partial charge on any atom is 0.257 e. The van der Waals surface area contributed by atoms with E-state index < -0.39 is 11.4 Å². The summed E-state index contributed by atoms with van der Waals surface area (Å²) in [6.45, 7) is 7.62. The topological polar surface area (TPSA) is 90.8 Å². The summed E-state index contributed by atoms with van der Waals surface area (Å²) in [6, 6.07) is 3.84. The number of anilines is 1. The zero-order chi connectivity index (χ0) is 22.6. The summed E-state index contributed by atoms with van der Waals surface area (Å²) < 4.78 is 20.1. The Labute approximate surface area is 182 Å². The number of nitrogens with one attached hydrogen (secondary N) is 1. The number of ether oxygens (including phenoxy) is 1. The fraction of sp³-hybridized carbons (Fsp3) is 0.500. The van der Waals surface area contributed by atoms with Crippen LogP contribution in [0.25, 0.3) is 0 Å². The van der Waals surface area contributed by atoms with E-state index in [2.05, 4.69) is 15.3 Å². The van der Waals surface area contributed by atoms with E-state index in [9.17, 15) is 14.3 Å². The summed E-state index contributed by atoms with van der Waals surface area (Å²) in [5.41, 5.74) is -0.731. The molecule has 2 aromatic rings. The normalized spacial score (nSPS) is 18.5. The Balaban J connectivity index is 1.92. The van der Waals surface area contributed by atoms with Crippen LogP contribution in [0.1, 0.15) is 37.6 Å². The minimum atomic E-state index is -0.868.